The van der Waals surface area contributed by atoms with Gasteiger partial charge in [0.05, 0.1) is 5.60 Å². The van der Waals surface area contributed by atoms with Crippen LogP contribution in [0.3, 0.4) is 0 Å². The van der Waals surface area contributed by atoms with E-state index in [2.05, 4.69) is 32.6 Å². The molecule has 0 radical (unpaired) electrons. The van der Waals surface area contributed by atoms with Gasteiger partial charge < -0.3 is 4.74 Å². The van der Waals surface area contributed by atoms with Gasteiger partial charge in [-0.05, 0) is 33.1 Å². The van der Waals surface area contributed by atoms with Crippen molar-refractivity contribution in [1.82, 2.24) is 0 Å². The second-order valence-corrected chi connectivity index (χ2v) is 3.43. The third-order valence-electron chi connectivity index (χ3n) is 1.82. The van der Waals surface area contributed by atoms with E-state index < -0.39 is 0 Å². The number of allylic oxidation sites excluding steroid dienone is 2. The fourth-order valence-electron chi connectivity index (χ4n) is 0.815. The molecule has 0 rings (SSSR count). The summed E-state index contributed by atoms with van der Waals surface area (Å²) in [5.74, 6) is 0. The monoisotopic (exact) mass is 168 g/mol. The second kappa shape index (κ2) is 6.01. The van der Waals surface area contributed by atoms with E-state index in [1.165, 1.54) is 6.42 Å². The van der Waals surface area contributed by atoms with Crippen LogP contribution < -0.4 is 0 Å². The van der Waals surface area contributed by atoms with Gasteiger partial charge in [-0.15, -0.1) is 6.58 Å². The summed E-state index contributed by atoms with van der Waals surface area (Å²) in [6.07, 6.45) is 9.62. The lowest BCUT2D eigenvalue weighted by Gasteiger charge is -2.17. The molecule has 0 unspecified atom stereocenters. The first kappa shape index (κ1) is 11.4. The highest BCUT2D eigenvalue weighted by Gasteiger charge is 2.09. The zero-order valence-corrected chi connectivity index (χ0v) is 8.47. The first-order chi connectivity index (χ1) is 5.62. The molecule has 0 amide bonds. The van der Waals surface area contributed by atoms with E-state index in [9.17, 15) is 0 Å². The van der Waals surface area contributed by atoms with Crippen LogP contribution in [-0.2, 0) is 4.74 Å². The van der Waals surface area contributed by atoms with Gasteiger partial charge in [-0.1, -0.05) is 18.2 Å². The minimum Gasteiger partial charge on any atom is -0.375 e. The largest absolute Gasteiger partial charge is 0.375 e. The van der Waals surface area contributed by atoms with Gasteiger partial charge in [0.25, 0.3) is 0 Å². The van der Waals surface area contributed by atoms with Crippen molar-refractivity contribution in [2.45, 2.75) is 38.7 Å². The Morgan fingerprint density at radius 2 is 2.00 bits per heavy atom. The number of unbranched alkanes of at least 4 members (excludes halogenated alkanes) is 2. The molecule has 0 fully saturated rings. The molecule has 0 N–H and O–H groups in total. The maximum atomic E-state index is 5.24. The molecule has 70 valence electrons. The summed E-state index contributed by atoms with van der Waals surface area (Å²) >= 11 is 0. The zero-order valence-electron chi connectivity index (χ0n) is 8.47. The van der Waals surface area contributed by atoms with Gasteiger partial charge in [0.15, 0.2) is 0 Å². The summed E-state index contributed by atoms with van der Waals surface area (Å²) in [6, 6.07) is 0. The fourth-order valence-corrected chi connectivity index (χ4v) is 0.815. The van der Waals surface area contributed by atoms with E-state index >= 15 is 0 Å². The smallest absolute Gasteiger partial charge is 0.0802 e. The average Bonchev–Trinajstić information content (AvgIpc) is 2.04. The Labute approximate surface area is 76.1 Å². The van der Waals surface area contributed by atoms with Gasteiger partial charge in [-0.3, -0.25) is 0 Å². The van der Waals surface area contributed by atoms with Gasteiger partial charge in [0.2, 0.25) is 0 Å². The fraction of sp³-hybridized carbons (Fsp3) is 0.636. The van der Waals surface area contributed by atoms with Crippen LogP contribution in [0.15, 0.2) is 24.8 Å². The first-order valence-electron chi connectivity index (χ1n) is 4.46. The molecule has 0 spiro atoms. The van der Waals surface area contributed by atoms with Crippen LogP contribution in [0.4, 0.5) is 0 Å². The minimum atomic E-state index is -0.117. The van der Waals surface area contributed by atoms with Crippen molar-refractivity contribution >= 4 is 0 Å². The molecule has 0 heterocycles. The highest BCUT2D eigenvalue weighted by molar-refractivity contribution is 4.96. The van der Waals surface area contributed by atoms with E-state index in [1.807, 2.05) is 6.08 Å². The lowest BCUT2D eigenvalue weighted by atomic mass is 10.1. The lowest BCUT2D eigenvalue weighted by molar-refractivity contribution is 0.0653. The Kier molecular flexibility index (Phi) is 5.73. The maximum Gasteiger partial charge on any atom is 0.0802 e. The first-order valence-corrected chi connectivity index (χ1v) is 4.46. The number of rotatable bonds is 6. The molecule has 0 aliphatic rings. The molecule has 0 aromatic rings. The van der Waals surface area contributed by atoms with Crippen molar-refractivity contribution in [3.8, 4) is 0 Å². The van der Waals surface area contributed by atoms with E-state index in [0.717, 1.165) is 12.8 Å². The van der Waals surface area contributed by atoms with Crippen molar-refractivity contribution in [3.63, 3.8) is 0 Å². The van der Waals surface area contributed by atoms with Crippen LogP contribution in [0.25, 0.3) is 0 Å². The van der Waals surface area contributed by atoms with Gasteiger partial charge in [-0.25, -0.2) is 0 Å². The lowest BCUT2D eigenvalue weighted by Crippen LogP contribution is -2.18. The van der Waals surface area contributed by atoms with Crippen molar-refractivity contribution < 1.29 is 4.74 Å². The standard InChI is InChI=1S/C11H20O/c1-5-6-7-8-9-10-11(2,3)12-4/h5,9-10H,1,6-8H2,2-4H3/b10-9+. The molecular formula is C11H20O. The van der Waals surface area contributed by atoms with Crippen LogP contribution in [-0.4, -0.2) is 12.7 Å². The van der Waals surface area contributed by atoms with Crippen molar-refractivity contribution in [3.05, 3.63) is 24.8 Å². The zero-order chi connectivity index (χ0) is 9.45. The topological polar surface area (TPSA) is 9.23 Å². The SMILES string of the molecule is C=CCCC/C=C/C(C)(C)OC. The average molecular weight is 168 g/mol. The Balaban J connectivity index is 3.53. The van der Waals surface area contributed by atoms with Crippen molar-refractivity contribution in [1.29, 1.82) is 0 Å². The van der Waals surface area contributed by atoms with Gasteiger partial charge in [0.1, 0.15) is 0 Å². The normalized spacial score (nSPS) is 12.2. The molecule has 0 bridgehead atoms. The van der Waals surface area contributed by atoms with Crippen molar-refractivity contribution in [2.24, 2.45) is 0 Å². The van der Waals surface area contributed by atoms with E-state index in [0.29, 0.717) is 0 Å². The predicted molar refractivity (Wildman–Crippen MR) is 54.3 cm³/mol. The van der Waals surface area contributed by atoms with E-state index in [-0.39, 0.29) is 5.60 Å². The van der Waals surface area contributed by atoms with Crippen LogP contribution in [0.2, 0.25) is 0 Å². The molecule has 0 aromatic heterocycles. The van der Waals surface area contributed by atoms with Crippen LogP contribution >= 0.6 is 0 Å². The quantitative estimate of drug-likeness (QED) is 0.436. The molecule has 0 aliphatic heterocycles. The van der Waals surface area contributed by atoms with Crippen molar-refractivity contribution in [2.75, 3.05) is 7.11 Å². The summed E-state index contributed by atoms with van der Waals surface area (Å²) < 4.78 is 5.24. The molecular weight excluding hydrogens is 148 g/mol. The Hall–Kier alpha value is -0.560. The number of hydrogen-bond donors (Lipinski definition) is 0. The van der Waals surface area contributed by atoms with Crippen LogP contribution in [0.1, 0.15) is 33.1 Å². The minimum absolute atomic E-state index is 0.117. The predicted octanol–water partition coefficient (Wildman–Crippen LogP) is 3.32. The van der Waals surface area contributed by atoms with E-state index in [1.54, 1.807) is 7.11 Å². The van der Waals surface area contributed by atoms with Gasteiger partial charge in [0, 0.05) is 7.11 Å². The summed E-state index contributed by atoms with van der Waals surface area (Å²) in [4.78, 5) is 0. The molecule has 1 nitrogen and oxygen atoms in total. The van der Waals surface area contributed by atoms with Gasteiger partial charge >= 0.3 is 0 Å². The second-order valence-electron chi connectivity index (χ2n) is 3.43. The molecule has 1 heteroatoms. The summed E-state index contributed by atoms with van der Waals surface area (Å²) in [5.41, 5.74) is -0.117. The third kappa shape index (κ3) is 6.17. The molecule has 0 aliphatic carbocycles. The molecule has 0 atom stereocenters. The molecule has 0 saturated carbocycles. The van der Waals surface area contributed by atoms with Gasteiger partial charge in [-0.2, -0.15) is 0 Å². The Morgan fingerprint density at radius 3 is 2.50 bits per heavy atom. The summed E-state index contributed by atoms with van der Waals surface area (Å²) in [5, 5.41) is 0. The van der Waals surface area contributed by atoms with Crippen LogP contribution in [0.5, 0.6) is 0 Å². The highest BCUT2D eigenvalue weighted by Crippen LogP contribution is 2.10. The number of methoxy groups -OCH3 is 1. The number of ether oxygens (including phenoxy) is 1. The Bertz CT molecular complexity index is 145. The Morgan fingerprint density at radius 1 is 1.33 bits per heavy atom. The van der Waals surface area contributed by atoms with E-state index in [4.69, 9.17) is 4.74 Å². The maximum absolute atomic E-state index is 5.24. The third-order valence-corrected chi connectivity index (χ3v) is 1.82. The molecule has 12 heavy (non-hydrogen) atoms. The summed E-state index contributed by atoms with van der Waals surface area (Å²) in [7, 11) is 1.73. The summed E-state index contributed by atoms with van der Waals surface area (Å²) in [6.45, 7) is 7.78. The molecule has 0 aromatic carbocycles. The molecule has 0 saturated heterocycles. The number of hydrogen-bond acceptors (Lipinski definition) is 1. The highest BCUT2D eigenvalue weighted by atomic mass is 16.5. The van der Waals surface area contributed by atoms with Crippen LogP contribution in [0, 0.1) is 0 Å².